The molecule has 1 aliphatic carbocycles. The number of phenolic OH excluding ortho intramolecular Hbond substituents is 2. The van der Waals surface area contributed by atoms with Crippen molar-refractivity contribution >= 4 is 5.91 Å². The Labute approximate surface area is 112 Å². The molecule has 1 saturated carbocycles. The van der Waals surface area contributed by atoms with Crippen LogP contribution in [0.4, 0.5) is 0 Å². The first-order valence-corrected chi connectivity index (χ1v) is 6.50. The molecule has 1 amide bonds. The van der Waals surface area contributed by atoms with E-state index in [1.54, 1.807) is 0 Å². The lowest BCUT2D eigenvalue weighted by atomic mass is 10.2. The van der Waals surface area contributed by atoms with Gasteiger partial charge in [0.25, 0.3) is 5.91 Å². The fourth-order valence-electron chi connectivity index (χ4n) is 2.05. The van der Waals surface area contributed by atoms with Crippen LogP contribution >= 0.6 is 0 Å². The van der Waals surface area contributed by atoms with E-state index < -0.39 is 0 Å². The first-order chi connectivity index (χ1) is 8.97. The first kappa shape index (κ1) is 13.7. The van der Waals surface area contributed by atoms with Gasteiger partial charge in [-0.3, -0.25) is 9.69 Å². The minimum atomic E-state index is -0.290. The maximum atomic E-state index is 11.9. The van der Waals surface area contributed by atoms with Crippen LogP contribution in [0, 0.1) is 0 Å². The first-order valence-electron chi connectivity index (χ1n) is 6.50. The quantitative estimate of drug-likeness (QED) is 0.749. The van der Waals surface area contributed by atoms with Crippen LogP contribution in [0.5, 0.6) is 11.5 Å². The SMILES string of the molecule is CC(CNC(=O)c1cc(O)cc(O)c1)N(C)C1CC1. The molecule has 0 radical (unpaired) electrons. The topological polar surface area (TPSA) is 72.8 Å². The molecule has 0 aliphatic heterocycles. The molecule has 5 nitrogen and oxygen atoms in total. The summed E-state index contributed by atoms with van der Waals surface area (Å²) in [6, 6.07) is 4.79. The average Bonchev–Trinajstić information content (AvgIpc) is 3.17. The number of phenols is 2. The number of nitrogens with one attached hydrogen (secondary N) is 1. The van der Waals surface area contributed by atoms with E-state index in [1.807, 2.05) is 0 Å². The van der Waals surface area contributed by atoms with Crippen molar-refractivity contribution in [3.8, 4) is 11.5 Å². The van der Waals surface area contributed by atoms with Crippen LogP contribution < -0.4 is 5.32 Å². The van der Waals surface area contributed by atoms with E-state index in [-0.39, 0.29) is 29.0 Å². The standard InChI is InChI=1S/C14H20N2O3/c1-9(16(2)11-3-4-11)8-15-14(19)10-5-12(17)7-13(18)6-10/h5-7,9,11,17-18H,3-4,8H2,1-2H3,(H,15,19). The number of rotatable bonds is 5. The summed E-state index contributed by atoms with van der Waals surface area (Å²) in [7, 11) is 2.06. The number of aromatic hydroxyl groups is 2. The number of hydrogen-bond acceptors (Lipinski definition) is 4. The van der Waals surface area contributed by atoms with Crippen LogP contribution in [0.15, 0.2) is 18.2 Å². The lowest BCUT2D eigenvalue weighted by molar-refractivity contribution is 0.0938. The Morgan fingerprint density at radius 2 is 1.95 bits per heavy atom. The second kappa shape index (κ2) is 5.48. The third-order valence-electron chi connectivity index (χ3n) is 3.54. The molecule has 0 heterocycles. The van der Waals surface area contributed by atoms with Crippen molar-refractivity contribution in [3.63, 3.8) is 0 Å². The smallest absolute Gasteiger partial charge is 0.251 e. The number of likely N-dealkylation sites (N-methyl/N-ethyl adjacent to an activating group) is 1. The van der Waals surface area contributed by atoms with Gasteiger partial charge in [0.05, 0.1) is 0 Å². The Hall–Kier alpha value is -1.75. The summed E-state index contributed by atoms with van der Waals surface area (Å²) in [6.07, 6.45) is 2.46. The highest BCUT2D eigenvalue weighted by atomic mass is 16.3. The molecule has 0 saturated heterocycles. The molecular formula is C14H20N2O3. The van der Waals surface area contributed by atoms with Crippen molar-refractivity contribution in [2.24, 2.45) is 0 Å². The Kier molecular flexibility index (Phi) is 3.95. The molecule has 1 aromatic carbocycles. The number of carbonyl (C=O) groups is 1. The lowest BCUT2D eigenvalue weighted by Gasteiger charge is -2.24. The monoisotopic (exact) mass is 264 g/mol. The third-order valence-corrected chi connectivity index (χ3v) is 3.54. The highest BCUT2D eigenvalue weighted by Crippen LogP contribution is 2.26. The van der Waals surface area contributed by atoms with E-state index in [4.69, 9.17) is 0 Å². The van der Waals surface area contributed by atoms with E-state index >= 15 is 0 Å². The summed E-state index contributed by atoms with van der Waals surface area (Å²) in [5, 5.41) is 21.5. The minimum Gasteiger partial charge on any atom is -0.508 e. The number of amides is 1. The second-order valence-corrected chi connectivity index (χ2v) is 5.19. The van der Waals surface area contributed by atoms with Gasteiger partial charge in [-0.15, -0.1) is 0 Å². The van der Waals surface area contributed by atoms with Gasteiger partial charge in [-0.25, -0.2) is 0 Å². The molecule has 1 aliphatic rings. The molecule has 2 rings (SSSR count). The minimum absolute atomic E-state index is 0.117. The molecule has 104 valence electrons. The predicted molar refractivity (Wildman–Crippen MR) is 72.4 cm³/mol. The maximum Gasteiger partial charge on any atom is 0.251 e. The van der Waals surface area contributed by atoms with E-state index in [1.165, 1.54) is 31.0 Å². The Morgan fingerprint density at radius 3 is 2.47 bits per heavy atom. The zero-order valence-corrected chi connectivity index (χ0v) is 11.3. The van der Waals surface area contributed by atoms with Gasteiger partial charge in [0.1, 0.15) is 11.5 Å². The van der Waals surface area contributed by atoms with E-state index in [9.17, 15) is 15.0 Å². The molecule has 1 fully saturated rings. The molecule has 1 aromatic rings. The number of benzene rings is 1. The summed E-state index contributed by atoms with van der Waals surface area (Å²) in [6.45, 7) is 2.61. The maximum absolute atomic E-state index is 11.9. The summed E-state index contributed by atoms with van der Waals surface area (Å²) in [4.78, 5) is 14.2. The molecular weight excluding hydrogens is 244 g/mol. The normalized spacial score (nSPS) is 16.4. The van der Waals surface area contributed by atoms with Gasteiger partial charge < -0.3 is 15.5 Å². The molecule has 0 aromatic heterocycles. The Bertz CT molecular complexity index is 452. The van der Waals surface area contributed by atoms with Crippen LogP contribution in [0.3, 0.4) is 0 Å². The molecule has 0 spiro atoms. The third kappa shape index (κ3) is 3.61. The van der Waals surface area contributed by atoms with Crippen molar-refractivity contribution in [2.75, 3.05) is 13.6 Å². The van der Waals surface area contributed by atoms with Crippen LogP contribution in [0.25, 0.3) is 0 Å². The fraction of sp³-hybridized carbons (Fsp3) is 0.500. The van der Waals surface area contributed by atoms with Gasteiger partial charge in [0.2, 0.25) is 0 Å². The summed E-state index contributed by atoms with van der Waals surface area (Å²) < 4.78 is 0. The van der Waals surface area contributed by atoms with Gasteiger partial charge in [-0.2, -0.15) is 0 Å². The Balaban J connectivity index is 1.89. The highest BCUT2D eigenvalue weighted by Gasteiger charge is 2.29. The van der Waals surface area contributed by atoms with Gasteiger partial charge in [0.15, 0.2) is 0 Å². The largest absolute Gasteiger partial charge is 0.508 e. The summed E-state index contributed by atoms with van der Waals surface area (Å²) in [5.74, 6) is -0.524. The van der Waals surface area contributed by atoms with Crippen molar-refractivity contribution in [2.45, 2.75) is 31.8 Å². The molecule has 1 atom stereocenters. The average molecular weight is 264 g/mol. The second-order valence-electron chi connectivity index (χ2n) is 5.19. The van der Waals surface area contributed by atoms with Crippen LogP contribution in [-0.2, 0) is 0 Å². The zero-order valence-electron chi connectivity index (χ0n) is 11.3. The molecule has 5 heteroatoms. The number of carbonyl (C=O) groups excluding carboxylic acids is 1. The Morgan fingerprint density at radius 1 is 1.37 bits per heavy atom. The molecule has 0 bridgehead atoms. The molecule has 3 N–H and O–H groups in total. The number of nitrogens with zero attached hydrogens (tertiary/aromatic N) is 1. The predicted octanol–water partition coefficient (Wildman–Crippen LogP) is 1.31. The van der Waals surface area contributed by atoms with Crippen molar-refractivity contribution in [1.82, 2.24) is 10.2 Å². The van der Waals surface area contributed by atoms with E-state index in [2.05, 4.69) is 24.2 Å². The van der Waals surface area contributed by atoms with Gasteiger partial charge in [-0.1, -0.05) is 0 Å². The lowest BCUT2D eigenvalue weighted by Crippen LogP contribution is -2.41. The van der Waals surface area contributed by atoms with Crippen molar-refractivity contribution < 1.29 is 15.0 Å². The van der Waals surface area contributed by atoms with Crippen LogP contribution in [0.1, 0.15) is 30.1 Å². The molecule has 1 unspecified atom stereocenters. The summed E-state index contributed by atoms with van der Waals surface area (Å²) >= 11 is 0. The molecule has 19 heavy (non-hydrogen) atoms. The van der Waals surface area contributed by atoms with Crippen LogP contribution in [-0.4, -0.2) is 46.7 Å². The fourth-order valence-corrected chi connectivity index (χ4v) is 2.05. The van der Waals surface area contributed by atoms with Gasteiger partial charge in [-0.05, 0) is 38.9 Å². The highest BCUT2D eigenvalue weighted by molar-refractivity contribution is 5.95. The van der Waals surface area contributed by atoms with Crippen molar-refractivity contribution in [1.29, 1.82) is 0 Å². The van der Waals surface area contributed by atoms with Crippen molar-refractivity contribution in [3.05, 3.63) is 23.8 Å². The zero-order chi connectivity index (χ0) is 14.0. The summed E-state index contributed by atoms with van der Waals surface area (Å²) in [5.41, 5.74) is 0.263. The van der Waals surface area contributed by atoms with Crippen LogP contribution in [0.2, 0.25) is 0 Å². The number of hydrogen-bond donors (Lipinski definition) is 3. The van der Waals surface area contributed by atoms with Gasteiger partial charge in [0, 0.05) is 30.3 Å². The van der Waals surface area contributed by atoms with Gasteiger partial charge >= 0.3 is 0 Å². The van der Waals surface area contributed by atoms with E-state index in [0.717, 1.165) is 0 Å². The van der Waals surface area contributed by atoms with E-state index in [0.29, 0.717) is 12.6 Å².